The number of carbonyl (C=O) groups excluding carboxylic acids is 4. The maximum Gasteiger partial charge on any atom is 0.408 e. The smallest absolute Gasteiger partial charge is 0.408 e. The lowest BCUT2D eigenvalue weighted by atomic mass is 9.94. The summed E-state index contributed by atoms with van der Waals surface area (Å²) in [6.45, 7) is 8.62. The van der Waals surface area contributed by atoms with Crippen LogP contribution in [0.5, 0.6) is 5.75 Å². The van der Waals surface area contributed by atoms with Crippen molar-refractivity contribution >= 4 is 23.9 Å². The van der Waals surface area contributed by atoms with E-state index in [0.29, 0.717) is 24.0 Å². The van der Waals surface area contributed by atoms with Crippen LogP contribution < -0.4 is 10.6 Å². The number of phenols is 1. The van der Waals surface area contributed by atoms with Gasteiger partial charge in [0.15, 0.2) is 0 Å². The number of hydrogen-bond donors (Lipinski definition) is 3. The minimum Gasteiger partial charge on any atom is -0.508 e. The van der Waals surface area contributed by atoms with Crippen LogP contribution in [-0.4, -0.2) is 65.2 Å². The lowest BCUT2D eigenvalue weighted by Crippen LogP contribution is -2.54. The summed E-state index contributed by atoms with van der Waals surface area (Å²) in [5.41, 5.74) is 2.32. The lowest BCUT2D eigenvalue weighted by molar-refractivity contribution is -0.145. The van der Waals surface area contributed by atoms with Gasteiger partial charge >= 0.3 is 12.1 Å². The van der Waals surface area contributed by atoms with Crippen LogP contribution in [0.3, 0.4) is 0 Å². The normalized spacial score (nSPS) is 14.4. The Balaban J connectivity index is 2.04. The predicted molar refractivity (Wildman–Crippen MR) is 149 cm³/mol. The Morgan fingerprint density at radius 1 is 1.05 bits per heavy atom. The highest BCUT2D eigenvalue weighted by Crippen LogP contribution is 2.37. The van der Waals surface area contributed by atoms with E-state index in [-0.39, 0.29) is 24.8 Å². The number of carbonyl (C=O) groups is 4. The maximum absolute atomic E-state index is 14.3. The van der Waals surface area contributed by atoms with E-state index < -0.39 is 41.6 Å². The number of phenolic OH excluding ortho intramolecular Hbond substituents is 1. The molecule has 0 heterocycles. The fourth-order valence-corrected chi connectivity index (χ4v) is 4.38. The Bertz CT molecular complexity index is 1230. The van der Waals surface area contributed by atoms with Gasteiger partial charge in [-0.25, -0.2) is 4.79 Å². The fourth-order valence-electron chi connectivity index (χ4n) is 4.38. The number of nitrogens with zero attached hydrogens (tertiary/aromatic N) is 1. The van der Waals surface area contributed by atoms with E-state index in [0.717, 1.165) is 11.1 Å². The molecule has 0 saturated heterocycles. The summed E-state index contributed by atoms with van der Waals surface area (Å²) in [7, 11) is 1.23. The number of ether oxygens (including phenoxy) is 2. The molecule has 3 N–H and O–H groups in total. The van der Waals surface area contributed by atoms with E-state index in [1.807, 2.05) is 26.0 Å². The van der Waals surface area contributed by atoms with Crippen LogP contribution in [0.15, 0.2) is 42.5 Å². The van der Waals surface area contributed by atoms with Crippen molar-refractivity contribution in [2.24, 2.45) is 0 Å². The highest BCUT2D eigenvalue weighted by Gasteiger charge is 2.44. The average molecular weight is 554 g/mol. The molecule has 1 aliphatic rings. The summed E-state index contributed by atoms with van der Waals surface area (Å²) in [5, 5.41) is 15.0. The molecule has 10 nitrogen and oxygen atoms in total. The Labute approximate surface area is 235 Å². The number of aromatic hydroxyl groups is 1. The van der Waals surface area contributed by atoms with Gasteiger partial charge in [0.05, 0.1) is 7.11 Å². The molecule has 10 heteroatoms. The van der Waals surface area contributed by atoms with Crippen LogP contribution in [0.1, 0.15) is 61.9 Å². The van der Waals surface area contributed by atoms with E-state index in [4.69, 9.17) is 4.74 Å². The van der Waals surface area contributed by atoms with Crippen molar-refractivity contribution in [3.8, 4) is 5.75 Å². The SMILES string of the molecule is COC(=O)CNC(=O)C(c1cccc(C)c1C)N(C(=O)C(Cc1ccc(O)cc1)NC(=O)OC(C)(C)C)C1CC1. The maximum atomic E-state index is 14.3. The summed E-state index contributed by atoms with van der Waals surface area (Å²) < 4.78 is 10.1. The van der Waals surface area contributed by atoms with Gasteiger partial charge in [-0.15, -0.1) is 0 Å². The van der Waals surface area contributed by atoms with Crippen molar-refractivity contribution in [3.05, 3.63) is 64.7 Å². The molecule has 0 bridgehead atoms. The van der Waals surface area contributed by atoms with Crippen molar-refractivity contribution in [1.29, 1.82) is 0 Å². The van der Waals surface area contributed by atoms with Gasteiger partial charge in [0.2, 0.25) is 11.8 Å². The largest absolute Gasteiger partial charge is 0.508 e. The number of alkyl carbamates (subject to hydrolysis) is 1. The molecule has 2 aromatic carbocycles. The van der Waals surface area contributed by atoms with Crippen molar-refractivity contribution in [3.63, 3.8) is 0 Å². The zero-order valence-electron chi connectivity index (χ0n) is 23.9. The number of aryl methyl sites for hydroxylation is 1. The quantitative estimate of drug-likeness (QED) is 0.384. The second-order valence-corrected chi connectivity index (χ2v) is 11.0. The molecule has 3 rings (SSSR count). The molecule has 40 heavy (non-hydrogen) atoms. The summed E-state index contributed by atoms with van der Waals surface area (Å²) in [6.07, 6.45) is 0.718. The second-order valence-electron chi connectivity index (χ2n) is 11.0. The van der Waals surface area contributed by atoms with E-state index >= 15 is 0 Å². The Kier molecular flexibility index (Phi) is 9.78. The molecule has 0 aromatic heterocycles. The molecule has 2 atom stereocenters. The van der Waals surface area contributed by atoms with Crippen molar-refractivity contribution in [1.82, 2.24) is 15.5 Å². The van der Waals surface area contributed by atoms with Gasteiger partial charge in [-0.2, -0.15) is 0 Å². The highest BCUT2D eigenvalue weighted by atomic mass is 16.6. The fraction of sp³-hybridized carbons (Fsp3) is 0.467. The van der Waals surface area contributed by atoms with Crippen LogP contribution in [0.25, 0.3) is 0 Å². The van der Waals surface area contributed by atoms with Gasteiger partial charge < -0.3 is 30.1 Å². The molecule has 2 aromatic rings. The molecule has 0 aliphatic heterocycles. The number of amides is 3. The third kappa shape index (κ3) is 8.21. The summed E-state index contributed by atoms with van der Waals surface area (Å²) in [6, 6.07) is 9.52. The topological polar surface area (TPSA) is 134 Å². The Morgan fingerprint density at radius 2 is 1.70 bits per heavy atom. The molecule has 1 aliphatic carbocycles. The Morgan fingerprint density at radius 3 is 2.27 bits per heavy atom. The van der Waals surface area contributed by atoms with E-state index in [1.54, 1.807) is 39.0 Å². The van der Waals surface area contributed by atoms with Crippen LogP contribution in [0.2, 0.25) is 0 Å². The third-order valence-electron chi connectivity index (χ3n) is 6.66. The van der Waals surface area contributed by atoms with Crippen LogP contribution >= 0.6 is 0 Å². The molecular weight excluding hydrogens is 514 g/mol. The van der Waals surface area contributed by atoms with Gasteiger partial charge in [0, 0.05) is 12.5 Å². The van der Waals surface area contributed by atoms with Crippen molar-refractivity contribution in [2.45, 2.75) is 77.6 Å². The Hall–Kier alpha value is -4.08. The van der Waals surface area contributed by atoms with E-state index in [1.165, 1.54) is 24.1 Å². The molecule has 1 fully saturated rings. The molecule has 1 saturated carbocycles. The number of hydrogen-bond acceptors (Lipinski definition) is 7. The molecule has 2 unspecified atom stereocenters. The zero-order valence-corrected chi connectivity index (χ0v) is 23.9. The first-order valence-electron chi connectivity index (χ1n) is 13.3. The van der Waals surface area contributed by atoms with Crippen molar-refractivity contribution < 1.29 is 33.8 Å². The number of esters is 1. The van der Waals surface area contributed by atoms with Crippen LogP contribution in [0.4, 0.5) is 4.79 Å². The van der Waals surface area contributed by atoms with E-state index in [2.05, 4.69) is 15.4 Å². The zero-order chi connectivity index (χ0) is 29.6. The molecule has 3 amide bonds. The van der Waals surface area contributed by atoms with Gasteiger partial charge in [-0.1, -0.05) is 30.3 Å². The summed E-state index contributed by atoms with van der Waals surface area (Å²) >= 11 is 0. The second kappa shape index (κ2) is 12.8. The minimum atomic E-state index is -1.07. The molecular formula is C30H39N3O7. The van der Waals surface area contributed by atoms with Gasteiger partial charge in [-0.3, -0.25) is 14.4 Å². The van der Waals surface area contributed by atoms with Gasteiger partial charge in [0.1, 0.15) is 30.0 Å². The monoisotopic (exact) mass is 553 g/mol. The number of benzene rings is 2. The van der Waals surface area contributed by atoms with E-state index in [9.17, 15) is 24.3 Å². The van der Waals surface area contributed by atoms with Crippen LogP contribution in [0, 0.1) is 13.8 Å². The standard InChI is InChI=1S/C30H39N3O7/c1-18-8-7-9-23(19(18)2)26(27(36)31-17-25(35)39-6)33(21-12-13-21)28(37)24(32-29(38)40-30(3,4)5)16-20-10-14-22(34)15-11-20/h7-11,14-15,21,24,26,34H,12-13,16-17H2,1-6H3,(H,31,36)(H,32,38). The predicted octanol–water partition coefficient (Wildman–Crippen LogP) is 3.47. The van der Waals surface area contributed by atoms with Crippen molar-refractivity contribution in [2.75, 3.05) is 13.7 Å². The van der Waals surface area contributed by atoms with Gasteiger partial charge in [-0.05, 0) is 81.8 Å². The first-order valence-corrected chi connectivity index (χ1v) is 13.3. The number of nitrogens with one attached hydrogen (secondary N) is 2. The summed E-state index contributed by atoms with van der Waals surface area (Å²) in [4.78, 5) is 54.2. The third-order valence-corrected chi connectivity index (χ3v) is 6.66. The molecule has 216 valence electrons. The minimum absolute atomic E-state index is 0.0728. The molecule has 0 radical (unpaired) electrons. The van der Waals surface area contributed by atoms with Gasteiger partial charge in [0.25, 0.3) is 0 Å². The number of methoxy groups -OCH3 is 1. The first-order chi connectivity index (χ1) is 18.8. The molecule has 0 spiro atoms. The lowest BCUT2D eigenvalue weighted by Gasteiger charge is -2.35. The average Bonchev–Trinajstić information content (AvgIpc) is 3.72. The number of rotatable bonds is 10. The van der Waals surface area contributed by atoms with Crippen LogP contribution in [-0.2, 0) is 30.3 Å². The summed E-state index contributed by atoms with van der Waals surface area (Å²) in [5.74, 6) is -1.53. The highest BCUT2D eigenvalue weighted by molar-refractivity contribution is 5.94. The first kappa shape index (κ1) is 30.5.